The third-order valence-electron chi connectivity index (χ3n) is 4.56. The van der Waals surface area contributed by atoms with Gasteiger partial charge in [-0.25, -0.2) is 18.8 Å². The molecule has 0 unspecified atom stereocenters. The smallest absolute Gasteiger partial charge is 0.408 e. The Hall–Kier alpha value is -1.60. The zero-order chi connectivity index (χ0) is 21.0. The average molecular weight is 411 g/mol. The predicted molar refractivity (Wildman–Crippen MR) is 115 cm³/mol. The summed E-state index contributed by atoms with van der Waals surface area (Å²) in [5.74, 6) is 0.434. The maximum Gasteiger partial charge on any atom is 0.459 e. The molecule has 0 radical (unpaired) electrons. The van der Waals surface area contributed by atoms with Crippen molar-refractivity contribution in [3.63, 3.8) is 0 Å². The Balaban J connectivity index is 3.32. The highest BCUT2D eigenvalue weighted by atomic mass is 31.2. The zero-order valence-corrected chi connectivity index (χ0v) is 19.0. The van der Waals surface area contributed by atoms with E-state index in [1.807, 2.05) is 6.07 Å². The standard InChI is InChI=1S/C19H35N6O2P/c1-7-23(8-2)28(24(9-3)10-4,25(11-5)12-6)22-21-20-19(26)27-18-16-14-13-15-17-18/h13-17H,7-12H2,1-6H3. The molecule has 1 aromatic carbocycles. The molecule has 8 nitrogen and oxygen atoms in total. The molecule has 0 aromatic heterocycles. The number of rotatable bonds is 11. The molecule has 0 spiro atoms. The minimum absolute atomic E-state index is 0.434. The Morgan fingerprint density at radius 1 is 0.821 bits per heavy atom. The number of carbonyl (C=O) groups excluding carboxylic acids is 1. The van der Waals surface area contributed by atoms with Crippen LogP contribution in [0.5, 0.6) is 5.75 Å². The molecule has 0 heterocycles. The Bertz CT molecular complexity index is 618. The van der Waals surface area contributed by atoms with Crippen LogP contribution in [0.4, 0.5) is 4.79 Å². The molecule has 0 atom stereocenters. The first-order valence-corrected chi connectivity index (χ1v) is 11.7. The van der Waals surface area contributed by atoms with Crippen molar-refractivity contribution in [1.82, 2.24) is 14.0 Å². The number of benzene rings is 1. The van der Waals surface area contributed by atoms with E-state index in [1.54, 1.807) is 24.3 Å². The van der Waals surface area contributed by atoms with Gasteiger partial charge in [0, 0.05) is 39.3 Å². The molecule has 0 fully saturated rings. The molecule has 1 aromatic rings. The molecule has 0 N–H and O–H groups in total. The van der Waals surface area contributed by atoms with Crippen LogP contribution in [-0.2, 0) is 0 Å². The van der Waals surface area contributed by atoms with Crippen molar-refractivity contribution in [2.24, 2.45) is 15.2 Å². The van der Waals surface area contributed by atoms with Gasteiger partial charge in [-0.15, -0.1) is 4.85 Å². The van der Waals surface area contributed by atoms with Gasteiger partial charge in [0.05, 0.1) is 0 Å². The lowest BCUT2D eigenvalue weighted by molar-refractivity contribution is 0.209. The van der Waals surface area contributed by atoms with E-state index in [0.717, 1.165) is 39.3 Å². The van der Waals surface area contributed by atoms with Gasteiger partial charge in [0.25, 0.3) is 0 Å². The fraction of sp³-hybridized carbons (Fsp3) is 0.632. The van der Waals surface area contributed by atoms with Crippen LogP contribution in [0, 0.1) is 0 Å². The van der Waals surface area contributed by atoms with Crippen LogP contribution in [0.3, 0.4) is 0 Å². The molecular formula is C19H35N6O2P. The van der Waals surface area contributed by atoms with Gasteiger partial charge in [-0.3, -0.25) is 0 Å². The van der Waals surface area contributed by atoms with Gasteiger partial charge in [-0.1, -0.05) is 64.9 Å². The molecule has 0 aliphatic carbocycles. The van der Waals surface area contributed by atoms with Crippen molar-refractivity contribution in [3.05, 3.63) is 30.3 Å². The van der Waals surface area contributed by atoms with Crippen LogP contribution >= 0.6 is 7.51 Å². The SMILES string of the molecule is CCN(CC)P(=NN=NC(=O)Oc1ccccc1)(N(CC)CC)N(CC)CC. The number of nitrogens with zero attached hydrogens (tertiary/aromatic N) is 6. The Labute approximate surface area is 169 Å². The fourth-order valence-corrected chi connectivity index (χ4v) is 7.07. The van der Waals surface area contributed by atoms with Gasteiger partial charge in [0.15, 0.2) is 7.51 Å². The molecule has 0 saturated heterocycles. The predicted octanol–water partition coefficient (Wildman–Crippen LogP) is 5.52. The second kappa shape index (κ2) is 12.8. The Kier molecular flexibility index (Phi) is 11.2. The number of hydrogen-bond acceptors (Lipinski definition) is 2. The third-order valence-corrected chi connectivity index (χ3v) is 8.86. The lowest BCUT2D eigenvalue weighted by Gasteiger charge is -2.47. The molecule has 158 valence electrons. The average Bonchev–Trinajstić information content (AvgIpc) is 2.71. The molecule has 0 saturated carbocycles. The van der Waals surface area contributed by atoms with E-state index in [-0.39, 0.29) is 0 Å². The second-order valence-corrected chi connectivity index (χ2v) is 8.86. The van der Waals surface area contributed by atoms with Gasteiger partial charge in [0.1, 0.15) is 5.75 Å². The lowest BCUT2D eigenvalue weighted by Crippen LogP contribution is -2.41. The highest BCUT2D eigenvalue weighted by Crippen LogP contribution is 2.59. The van der Waals surface area contributed by atoms with Gasteiger partial charge in [-0.2, -0.15) is 0 Å². The second-order valence-electron chi connectivity index (χ2n) is 5.91. The minimum atomic E-state index is -2.31. The van der Waals surface area contributed by atoms with E-state index in [0.29, 0.717) is 5.75 Å². The molecule has 0 aliphatic rings. The van der Waals surface area contributed by atoms with E-state index in [4.69, 9.17) is 9.59 Å². The molecule has 28 heavy (non-hydrogen) atoms. The van der Waals surface area contributed by atoms with E-state index >= 15 is 0 Å². The number of para-hydroxylation sites is 1. The summed E-state index contributed by atoms with van der Waals surface area (Å²) in [7, 11) is -2.31. The van der Waals surface area contributed by atoms with E-state index in [1.165, 1.54) is 0 Å². The molecule has 9 heteroatoms. The minimum Gasteiger partial charge on any atom is -0.408 e. The van der Waals surface area contributed by atoms with Gasteiger partial charge >= 0.3 is 6.09 Å². The van der Waals surface area contributed by atoms with Crippen LogP contribution < -0.4 is 4.74 Å². The van der Waals surface area contributed by atoms with Gasteiger partial charge < -0.3 is 4.74 Å². The molecular weight excluding hydrogens is 375 g/mol. The van der Waals surface area contributed by atoms with Crippen LogP contribution in [0.2, 0.25) is 0 Å². The van der Waals surface area contributed by atoms with Crippen LogP contribution in [0.15, 0.2) is 45.5 Å². The van der Waals surface area contributed by atoms with Crippen molar-refractivity contribution >= 4 is 13.6 Å². The first-order chi connectivity index (χ1) is 13.5. The number of ether oxygens (including phenoxy) is 1. The number of carbonyl (C=O) groups is 1. The maximum absolute atomic E-state index is 12.1. The van der Waals surface area contributed by atoms with Gasteiger partial charge in [0.2, 0.25) is 0 Å². The highest BCUT2D eigenvalue weighted by Gasteiger charge is 2.37. The third kappa shape index (κ3) is 5.95. The van der Waals surface area contributed by atoms with Crippen molar-refractivity contribution in [2.75, 3.05) is 39.3 Å². The Morgan fingerprint density at radius 3 is 1.64 bits per heavy atom. The van der Waals surface area contributed by atoms with E-state index in [2.05, 4.69) is 65.9 Å². The quantitative estimate of drug-likeness (QED) is 0.273. The summed E-state index contributed by atoms with van der Waals surface area (Å²) >= 11 is 0. The molecule has 0 bridgehead atoms. The largest absolute Gasteiger partial charge is 0.459 e. The van der Waals surface area contributed by atoms with Crippen molar-refractivity contribution in [2.45, 2.75) is 41.5 Å². The maximum atomic E-state index is 12.1. The van der Waals surface area contributed by atoms with E-state index < -0.39 is 13.6 Å². The van der Waals surface area contributed by atoms with Crippen LogP contribution in [0.1, 0.15) is 41.5 Å². The number of amides is 1. The molecule has 1 rings (SSSR count). The van der Waals surface area contributed by atoms with Gasteiger partial charge in [-0.05, 0) is 17.4 Å². The number of hydrogen-bond donors (Lipinski definition) is 0. The first-order valence-electron chi connectivity index (χ1n) is 10.1. The van der Waals surface area contributed by atoms with Crippen molar-refractivity contribution in [1.29, 1.82) is 0 Å². The highest BCUT2D eigenvalue weighted by molar-refractivity contribution is 7.59. The zero-order valence-electron chi connectivity index (χ0n) is 18.1. The summed E-state index contributed by atoms with van der Waals surface area (Å²) in [6.45, 7) is 17.8. The summed E-state index contributed by atoms with van der Waals surface area (Å²) in [6, 6.07) is 8.84. The molecule has 1 amide bonds. The van der Waals surface area contributed by atoms with Crippen LogP contribution in [0.25, 0.3) is 0 Å². The molecule has 0 aliphatic heterocycles. The van der Waals surface area contributed by atoms with E-state index in [9.17, 15) is 4.79 Å². The Morgan fingerprint density at radius 2 is 1.25 bits per heavy atom. The summed E-state index contributed by atoms with van der Waals surface area (Å²) < 4.78 is 12.2. The fourth-order valence-electron chi connectivity index (χ4n) is 3.24. The summed E-state index contributed by atoms with van der Waals surface area (Å²) in [4.78, 5) is 16.8. The summed E-state index contributed by atoms with van der Waals surface area (Å²) in [6.07, 6.45) is -0.772. The normalized spacial score (nSPS) is 12.3. The summed E-state index contributed by atoms with van der Waals surface area (Å²) in [5.41, 5.74) is 0. The lowest BCUT2D eigenvalue weighted by atomic mass is 10.3. The van der Waals surface area contributed by atoms with Crippen molar-refractivity contribution < 1.29 is 9.53 Å². The summed E-state index contributed by atoms with van der Waals surface area (Å²) in [5, 5.41) is 7.69. The topological polar surface area (TPSA) is 73.1 Å². The first kappa shape index (κ1) is 24.4. The van der Waals surface area contributed by atoms with Crippen molar-refractivity contribution in [3.8, 4) is 5.75 Å². The monoisotopic (exact) mass is 410 g/mol. The van der Waals surface area contributed by atoms with Crippen LogP contribution in [-0.4, -0.2) is 59.4 Å².